The van der Waals surface area contributed by atoms with E-state index in [1.54, 1.807) is 0 Å². The topological polar surface area (TPSA) is 41.1 Å². The lowest BCUT2D eigenvalue weighted by Crippen LogP contribution is -2.32. The van der Waals surface area contributed by atoms with Gasteiger partial charge in [0.05, 0.1) is 6.54 Å². The molecule has 0 radical (unpaired) electrons. The predicted octanol–water partition coefficient (Wildman–Crippen LogP) is 3.10. The molecule has 0 bridgehead atoms. The number of benzene rings is 1. The Hall–Kier alpha value is -1.35. The van der Waals surface area contributed by atoms with Gasteiger partial charge in [0.2, 0.25) is 5.91 Å². The van der Waals surface area contributed by atoms with Gasteiger partial charge in [0, 0.05) is 5.69 Å². The standard InChI is InChI=1S/C16H24N2O/c1-13-7-9-15(10-8-13)18-16(19)12-17-11-14-5-3-2-4-6-14/h7-10,14,17H,2-6,11-12H2,1H3,(H,18,19). The minimum absolute atomic E-state index is 0.0414. The van der Waals surface area contributed by atoms with Crippen molar-refractivity contribution < 1.29 is 4.79 Å². The van der Waals surface area contributed by atoms with E-state index in [4.69, 9.17) is 0 Å². The molecule has 0 heterocycles. The quantitative estimate of drug-likeness (QED) is 0.854. The molecular formula is C16H24N2O. The fraction of sp³-hybridized carbons (Fsp3) is 0.562. The van der Waals surface area contributed by atoms with E-state index in [9.17, 15) is 4.79 Å². The van der Waals surface area contributed by atoms with Gasteiger partial charge in [-0.3, -0.25) is 4.79 Å². The van der Waals surface area contributed by atoms with E-state index in [1.807, 2.05) is 31.2 Å². The predicted molar refractivity (Wildman–Crippen MR) is 79.3 cm³/mol. The number of aryl methyl sites for hydroxylation is 1. The average Bonchev–Trinajstić information content (AvgIpc) is 2.43. The highest BCUT2D eigenvalue weighted by atomic mass is 16.1. The Kier molecular flexibility index (Phi) is 5.40. The first-order valence-corrected chi connectivity index (χ1v) is 7.31. The van der Waals surface area contributed by atoms with E-state index in [0.29, 0.717) is 6.54 Å². The maximum absolute atomic E-state index is 11.8. The van der Waals surface area contributed by atoms with Crippen LogP contribution in [-0.4, -0.2) is 19.0 Å². The lowest BCUT2D eigenvalue weighted by atomic mass is 9.89. The van der Waals surface area contributed by atoms with Crippen molar-refractivity contribution in [2.45, 2.75) is 39.0 Å². The summed E-state index contributed by atoms with van der Waals surface area (Å²) in [5.41, 5.74) is 2.07. The van der Waals surface area contributed by atoms with Crippen LogP contribution in [0.1, 0.15) is 37.7 Å². The molecule has 1 fully saturated rings. The Bertz CT molecular complexity index is 394. The minimum Gasteiger partial charge on any atom is -0.325 e. The van der Waals surface area contributed by atoms with Gasteiger partial charge in [-0.15, -0.1) is 0 Å². The summed E-state index contributed by atoms with van der Waals surface area (Å²) in [4.78, 5) is 11.8. The maximum atomic E-state index is 11.8. The van der Waals surface area contributed by atoms with Crippen molar-refractivity contribution in [2.75, 3.05) is 18.4 Å². The molecule has 0 aromatic heterocycles. The summed E-state index contributed by atoms with van der Waals surface area (Å²) in [7, 11) is 0. The van der Waals surface area contributed by atoms with Crippen LogP contribution in [0.3, 0.4) is 0 Å². The summed E-state index contributed by atoms with van der Waals surface area (Å²) in [5.74, 6) is 0.806. The van der Waals surface area contributed by atoms with Gasteiger partial charge in [-0.25, -0.2) is 0 Å². The highest BCUT2D eigenvalue weighted by molar-refractivity contribution is 5.92. The third-order valence-electron chi connectivity index (χ3n) is 3.78. The number of carbonyl (C=O) groups is 1. The molecule has 2 rings (SSSR count). The van der Waals surface area contributed by atoms with Crippen molar-refractivity contribution in [3.8, 4) is 0 Å². The Labute approximate surface area is 115 Å². The van der Waals surface area contributed by atoms with Crippen LogP contribution in [0.15, 0.2) is 24.3 Å². The summed E-state index contributed by atoms with van der Waals surface area (Å²) >= 11 is 0. The van der Waals surface area contributed by atoms with Crippen LogP contribution in [0.5, 0.6) is 0 Å². The molecule has 104 valence electrons. The number of rotatable bonds is 5. The zero-order valence-corrected chi connectivity index (χ0v) is 11.7. The zero-order valence-electron chi connectivity index (χ0n) is 11.7. The first kappa shape index (κ1) is 14.1. The summed E-state index contributed by atoms with van der Waals surface area (Å²) in [6.07, 6.45) is 6.70. The van der Waals surface area contributed by atoms with Crippen molar-refractivity contribution in [1.82, 2.24) is 5.32 Å². The third kappa shape index (κ3) is 5.03. The highest BCUT2D eigenvalue weighted by Crippen LogP contribution is 2.22. The van der Waals surface area contributed by atoms with Gasteiger partial charge in [-0.05, 0) is 44.4 Å². The van der Waals surface area contributed by atoms with E-state index in [2.05, 4.69) is 10.6 Å². The van der Waals surface area contributed by atoms with Crippen molar-refractivity contribution in [3.63, 3.8) is 0 Å². The molecule has 1 aromatic rings. The van der Waals surface area contributed by atoms with Gasteiger partial charge in [-0.2, -0.15) is 0 Å². The fourth-order valence-electron chi connectivity index (χ4n) is 2.62. The van der Waals surface area contributed by atoms with Gasteiger partial charge in [0.1, 0.15) is 0 Å². The maximum Gasteiger partial charge on any atom is 0.238 e. The Balaban J connectivity index is 1.65. The molecule has 1 amide bonds. The van der Waals surface area contributed by atoms with Crippen LogP contribution < -0.4 is 10.6 Å². The lowest BCUT2D eigenvalue weighted by Gasteiger charge is -2.21. The summed E-state index contributed by atoms with van der Waals surface area (Å²) in [5, 5.41) is 6.18. The zero-order chi connectivity index (χ0) is 13.5. The molecule has 1 aliphatic carbocycles. The molecule has 3 heteroatoms. The van der Waals surface area contributed by atoms with Crippen LogP contribution in [-0.2, 0) is 4.79 Å². The summed E-state index contributed by atoms with van der Waals surface area (Å²) in [6, 6.07) is 7.89. The molecular weight excluding hydrogens is 236 g/mol. The van der Waals surface area contributed by atoms with Gasteiger partial charge >= 0.3 is 0 Å². The normalized spacial score (nSPS) is 16.3. The fourth-order valence-corrected chi connectivity index (χ4v) is 2.62. The van der Waals surface area contributed by atoms with E-state index < -0.39 is 0 Å². The van der Waals surface area contributed by atoms with E-state index >= 15 is 0 Å². The van der Waals surface area contributed by atoms with Gasteiger partial charge in [0.15, 0.2) is 0 Å². The van der Waals surface area contributed by atoms with Gasteiger partial charge in [0.25, 0.3) is 0 Å². The largest absolute Gasteiger partial charge is 0.325 e. The summed E-state index contributed by atoms with van der Waals surface area (Å²) in [6.45, 7) is 3.42. The lowest BCUT2D eigenvalue weighted by molar-refractivity contribution is -0.115. The van der Waals surface area contributed by atoms with Crippen molar-refractivity contribution in [2.24, 2.45) is 5.92 Å². The SMILES string of the molecule is Cc1ccc(NC(=O)CNCC2CCCCC2)cc1. The van der Waals surface area contributed by atoms with Crippen LogP contribution in [0.4, 0.5) is 5.69 Å². The number of carbonyl (C=O) groups excluding carboxylic acids is 1. The van der Waals surface area contributed by atoms with E-state index in [0.717, 1.165) is 18.2 Å². The summed E-state index contributed by atoms with van der Waals surface area (Å²) < 4.78 is 0. The van der Waals surface area contributed by atoms with Crippen molar-refractivity contribution in [3.05, 3.63) is 29.8 Å². The molecule has 0 unspecified atom stereocenters. The van der Waals surface area contributed by atoms with Crippen molar-refractivity contribution >= 4 is 11.6 Å². The number of hydrogen-bond donors (Lipinski definition) is 2. The van der Waals surface area contributed by atoms with Gasteiger partial charge < -0.3 is 10.6 Å². The molecule has 19 heavy (non-hydrogen) atoms. The molecule has 0 atom stereocenters. The first-order chi connectivity index (χ1) is 9.24. The molecule has 0 saturated heterocycles. The minimum atomic E-state index is 0.0414. The Morgan fingerprint density at radius 3 is 2.53 bits per heavy atom. The van der Waals surface area contributed by atoms with Crippen LogP contribution in [0, 0.1) is 12.8 Å². The molecule has 1 aliphatic rings. The van der Waals surface area contributed by atoms with Crippen LogP contribution in [0.2, 0.25) is 0 Å². The monoisotopic (exact) mass is 260 g/mol. The number of amides is 1. The second kappa shape index (κ2) is 7.29. The Morgan fingerprint density at radius 2 is 1.84 bits per heavy atom. The number of nitrogens with one attached hydrogen (secondary N) is 2. The molecule has 3 nitrogen and oxygen atoms in total. The molecule has 1 saturated carbocycles. The first-order valence-electron chi connectivity index (χ1n) is 7.31. The molecule has 0 aliphatic heterocycles. The van der Waals surface area contributed by atoms with Crippen molar-refractivity contribution in [1.29, 1.82) is 0 Å². The van der Waals surface area contributed by atoms with E-state index in [1.165, 1.54) is 37.7 Å². The van der Waals surface area contributed by atoms with E-state index in [-0.39, 0.29) is 5.91 Å². The molecule has 1 aromatic carbocycles. The average molecular weight is 260 g/mol. The molecule has 0 spiro atoms. The van der Waals surface area contributed by atoms with Crippen LogP contribution in [0.25, 0.3) is 0 Å². The van der Waals surface area contributed by atoms with Gasteiger partial charge in [-0.1, -0.05) is 37.0 Å². The van der Waals surface area contributed by atoms with Crippen LogP contribution >= 0.6 is 0 Å². The number of hydrogen-bond acceptors (Lipinski definition) is 2. The molecule has 2 N–H and O–H groups in total. The highest BCUT2D eigenvalue weighted by Gasteiger charge is 2.13. The third-order valence-corrected chi connectivity index (χ3v) is 3.78. The number of anilines is 1. The second-order valence-electron chi connectivity index (χ2n) is 5.55. The Morgan fingerprint density at radius 1 is 1.16 bits per heavy atom. The smallest absolute Gasteiger partial charge is 0.238 e. The second-order valence-corrected chi connectivity index (χ2v) is 5.55.